The van der Waals surface area contributed by atoms with Gasteiger partial charge in [0.25, 0.3) is 0 Å². The Kier molecular flexibility index (Phi) is 8.18. The van der Waals surface area contributed by atoms with E-state index in [0.29, 0.717) is 12.8 Å². The number of carboxylic acid groups (broad SMARTS) is 1. The summed E-state index contributed by atoms with van der Waals surface area (Å²) in [6.45, 7) is 0. The van der Waals surface area contributed by atoms with Crippen molar-refractivity contribution in [2.45, 2.75) is 19.0 Å². The first-order valence-corrected chi connectivity index (χ1v) is 9.01. The van der Waals surface area contributed by atoms with Crippen LogP contribution in [0.3, 0.4) is 0 Å². The second-order valence-corrected chi connectivity index (χ2v) is 6.27. The molecule has 0 spiro atoms. The molecule has 0 aliphatic rings. The van der Waals surface area contributed by atoms with Crippen LogP contribution in [-0.2, 0) is 16.0 Å². The van der Waals surface area contributed by atoms with E-state index in [1.165, 1.54) is 0 Å². The Bertz CT molecular complexity index is 988. The summed E-state index contributed by atoms with van der Waals surface area (Å²) in [5.74, 6) is -1.95. The van der Waals surface area contributed by atoms with Gasteiger partial charge in [-0.25, -0.2) is 4.79 Å². The van der Waals surface area contributed by atoms with Gasteiger partial charge in [-0.3, -0.25) is 9.89 Å². The number of carbonyl (C=O) groups excluding carboxylic acids is 1. The van der Waals surface area contributed by atoms with Crippen LogP contribution < -0.4 is 10.1 Å². The fraction of sp³-hybridized carbons (Fsp3) is 0.190. The maximum atomic E-state index is 12.1. The Morgan fingerprint density at radius 3 is 2.35 bits per heavy atom. The fourth-order valence-corrected chi connectivity index (χ4v) is 2.46. The van der Waals surface area contributed by atoms with Crippen LogP contribution in [-0.4, -0.2) is 40.5 Å². The number of carbonyl (C=O) groups is 2. The van der Waals surface area contributed by atoms with E-state index in [1.807, 2.05) is 54.7 Å². The number of benzene rings is 2. The van der Waals surface area contributed by atoms with Crippen molar-refractivity contribution in [3.8, 4) is 16.9 Å². The zero-order valence-corrected chi connectivity index (χ0v) is 16.4. The van der Waals surface area contributed by atoms with Gasteiger partial charge in [-0.15, -0.1) is 0 Å². The number of anilines is 1. The molecule has 0 fully saturated rings. The molecule has 7 nitrogen and oxygen atoms in total. The van der Waals surface area contributed by atoms with Crippen molar-refractivity contribution in [2.24, 2.45) is 0 Å². The maximum Gasteiger partial charge on any atom is 0.490 e. The molecule has 1 heterocycles. The SMILES string of the molecule is COc1cccc(CCC(=O)Nc2ccc(-c3cn[nH]c3)cc2)c1.O=C(O)C(F)(F)F. The summed E-state index contributed by atoms with van der Waals surface area (Å²) < 4.78 is 36.9. The number of hydrogen-bond donors (Lipinski definition) is 3. The standard InChI is InChI=1S/C19H19N3O2.C2HF3O2/c1-24-18-4-2-3-14(11-18)5-10-19(23)22-17-8-6-15(7-9-17)16-12-20-21-13-16;3-2(4,5)1(6)7/h2-4,6-9,11-13H,5,10H2,1H3,(H,20,21)(H,22,23);(H,6,7). The molecule has 31 heavy (non-hydrogen) atoms. The highest BCUT2D eigenvalue weighted by Crippen LogP contribution is 2.20. The number of alkyl halides is 3. The zero-order chi connectivity index (χ0) is 22.9. The monoisotopic (exact) mass is 435 g/mol. The molecule has 1 amide bonds. The predicted octanol–water partition coefficient (Wildman–Crippen LogP) is 4.29. The minimum absolute atomic E-state index is 0.00567. The average molecular weight is 435 g/mol. The van der Waals surface area contributed by atoms with Crippen LogP contribution in [0.15, 0.2) is 60.9 Å². The number of amides is 1. The number of nitrogens with zero attached hydrogens (tertiary/aromatic N) is 1. The third-order valence-electron chi connectivity index (χ3n) is 4.02. The average Bonchev–Trinajstić information content (AvgIpc) is 3.28. The molecule has 2 aromatic carbocycles. The molecule has 0 saturated heterocycles. The van der Waals surface area contributed by atoms with Crippen LogP contribution >= 0.6 is 0 Å². The number of aliphatic carboxylic acids is 1. The Labute approximate surface area is 175 Å². The number of nitrogens with one attached hydrogen (secondary N) is 2. The molecular formula is C21H20F3N3O4. The quantitative estimate of drug-likeness (QED) is 0.536. The molecule has 0 unspecified atom stereocenters. The van der Waals surface area contributed by atoms with Crippen LogP contribution in [0.1, 0.15) is 12.0 Å². The lowest BCUT2D eigenvalue weighted by Crippen LogP contribution is -2.21. The summed E-state index contributed by atoms with van der Waals surface area (Å²) in [5.41, 5.74) is 3.95. The molecule has 3 rings (SSSR count). The lowest BCUT2D eigenvalue weighted by Gasteiger charge is -2.07. The number of hydrogen-bond acceptors (Lipinski definition) is 4. The molecule has 164 valence electrons. The Morgan fingerprint density at radius 1 is 1.13 bits per heavy atom. The number of halogens is 3. The fourth-order valence-electron chi connectivity index (χ4n) is 2.46. The molecule has 0 saturated carbocycles. The van der Waals surface area contributed by atoms with Gasteiger partial charge in [0.05, 0.1) is 13.3 Å². The zero-order valence-electron chi connectivity index (χ0n) is 16.4. The smallest absolute Gasteiger partial charge is 0.490 e. The van der Waals surface area contributed by atoms with Crippen molar-refractivity contribution in [1.82, 2.24) is 10.2 Å². The van der Waals surface area contributed by atoms with E-state index >= 15 is 0 Å². The van der Waals surface area contributed by atoms with Crippen molar-refractivity contribution in [3.05, 3.63) is 66.5 Å². The number of aryl methyl sites for hydroxylation is 1. The molecule has 0 radical (unpaired) electrons. The van der Waals surface area contributed by atoms with Crippen LogP contribution in [0.4, 0.5) is 18.9 Å². The van der Waals surface area contributed by atoms with Gasteiger partial charge in [0.2, 0.25) is 5.91 Å². The van der Waals surface area contributed by atoms with E-state index < -0.39 is 12.1 Å². The normalized spacial score (nSPS) is 10.6. The summed E-state index contributed by atoms with van der Waals surface area (Å²) in [7, 11) is 1.64. The summed E-state index contributed by atoms with van der Waals surface area (Å²) >= 11 is 0. The number of methoxy groups -OCH3 is 1. The molecule has 3 N–H and O–H groups in total. The van der Waals surface area contributed by atoms with Crippen LogP contribution in [0.5, 0.6) is 5.75 Å². The first-order valence-electron chi connectivity index (χ1n) is 9.01. The van der Waals surface area contributed by atoms with Gasteiger partial charge in [-0.1, -0.05) is 24.3 Å². The third kappa shape index (κ3) is 7.84. The minimum atomic E-state index is -5.08. The number of H-pyrrole nitrogens is 1. The van der Waals surface area contributed by atoms with Gasteiger partial charge in [0.1, 0.15) is 5.75 Å². The summed E-state index contributed by atoms with van der Waals surface area (Å²) in [4.78, 5) is 21.0. The van der Waals surface area contributed by atoms with Crippen molar-refractivity contribution in [1.29, 1.82) is 0 Å². The minimum Gasteiger partial charge on any atom is -0.497 e. The number of ether oxygens (including phenoxy) is 1. The van der Waals surface area contributed by atoms with Gasteiger partial charge in [0, 0.05) is 23.9 Å². The van der Waals surface area contributed by atoms with E-state index in [2.05, 4.69) is 15.5 Å². The summed E-state index contributed by atoms with van der Waals surface area (Å²) in [5, 5.41) is 16.8. The highest BCUT2D eigenvalue weighted by atomic mass is 19.4. The van der Waals surface area contributed by atoms with E-state index in [9.17, 15) is 18.0 Å². The van der Waals surface area contributed by atoms with Crippen molar-refractivity contribution in [2.75, 3.05) is 12.4 Å². The first kappa shape index (κ1) is 23.5. The predicted molar refractivity (Wildman–Crippen MR) is 108 cm³/mol. The molecule has 1 aromatic heterocycles. The van der Waals surface area contributed by atoms with Crippen molar-refractivity contribution < 1.29 is 32.6 Å². The van der Waals surface area contributed by atoms with Crippen molar-refractivity contribution >= 4 is 17.6 Å². The maximum absolute atomic E-state index is 12.1. The molecule has 3 aromatic rings. The van der Waals surface area contributed by atoms with Gasteiger partial charge >= 0.3 is 12.1 Å². The van der Waals surface area contributed by atoms with Gasteiger partial charge in [-0.2, -0.15) is 18.3 Å². The molecule has 0 aliphatic carbocycles. The van der Waals surface area contributed by atoms with E-state index in [1.54, 1.807) is 13.3 Å². The Balaban J connectivity index is 0.000000423. The summed E-state index contributed by atoms with van der Waals surface area (Å²) in [6.07, 6.45) is -0.379. The van der Waals surface area contributed by atoms with Crippen molar-refractivity contribution in [3.63, 3.8) is 0 Å². The number of aromatic nitrogens is 2. The van der Waals surface area contributed by atoms with Crippen LogP contribution in [0.25, 0.3) is 11.1 Å². The number of rotatable bonds is 6. The van der Waals surface area contributed by atoms with E-state index in [4.69, 9.17) is 14.6 Å². The van der Waals surface area contributed by atoms with Gasteiger partial charge in [0.15, 0.2) is 0 Å². The highest BCUT2D eigenvalue weighted by molar-refractivity contribution is 5.91. The number of aromatic amines is 1. The highest BCUT2D eigenvalue weighted by Gasteiger charge is 2.38. The van der Waals surface area contributed by atoms with Crippen LogP contribution in [0.2, 0.25) is 0 Å². The lowest BCUT2D eigenvalue weighted by molar-refractivity contribution is -0.192. The molecule has 0 aliphatic heterocycles. The Morgan fingerprint density at radius 2 is 1.81 bits per heavy atom. The Hall–Kier alpha value is -3.82. The third-order valence-corrected chi connectivity index (χ3v) is 4.02. The molecule has 0 atom stereocenters. The van der Waals surface area contributed by atoms with E-state index in [0.717, 1.165) is 28.1 Å². The molecule has 0 bridgehead atoms. The van der Waals surface area contributed by atoms with E-state index in [-0.39, 0.29) is 5.91 Å². The summed E-state index contributed by atoms with van der Waals surface area (Å²) in [6, 6.07) is 15.5. The van der Waals surface area contributed by atoms with Crippen LogP contribution in [0, 0.1) is 0 Å². The van der Waals surface area contributed by atoms with Gasteiger partial charge in [-0.05, 0) is 41.8 Å². The lowest BCUT2D eigenvalue weighted by atomic mass is 10.1. The number of carboxylic acids is 1. The second-order valence-electron chi connectivity index (χ2n) is 6.27. The largest absolute Gasteiger partial charge is 0.497 e. The molecular weight excluding hydrogens is 415 g/mol. The van der Waals surface area contributed by atoms with Gasteiger partial charge < -0.3 is 15.2 Å². The first-order chi connectivity index (χ1) is 14.7. The second kappa shape index (κ2) is 10.8. The molecule has 10 heteroatoms. The topological polar surface area (TPSA) is 104 Å².